The summed E-state index contributed by atoms with van der Waals surface area (Å²) in [6.07, 6.45) is 3.07. The van der Waals surface area contributed by atoms with E-state index in [1.54, 1.807) is 35.2 Å². The highest BCUT2D eigenvalue weighted by Gasteiger charge is 2.32. The van der Waals surface area contributed by atoms with E-state index in [0.29, 0.717) is 31.1 Å². The monoisotopic (exact) mass is 337 g/mol. The number of rotatable bonds is 3. The maximum atomic E-state index is 12.6. The maximum Gasteiger partial charge on any atom is 0.243 e. The Morgan fingerprint density at radius 1 is 1.04 bits per heavy atom. The molecule has 3 rings (SSSR count). The zero-order valence-corrected chi connectivity index (χ0v) is 14.0. The van der Waals surface area contributed by atoms with E-state index in [2.05, 4.69) is 5.32 Å². The van der Waals surface area contributed by atoms with E-state index >= 15 is 0 Å². The average molecular weight is 337 g/mol. The molecular formula is C16H23N3O3S. The minimum absolute atomic E-state index is 0.0963. The van der Waals surface area contributed by atoms with Gasteiger partial charge in [-0.1, -0.05) is 24.6 Å². The van der Waals surface area contributed by atoms with Crippen molar-refractivity contribution in [3.63, 3.8) is 0 Å². The first-order chi connectivity index (χ1) is 11.1. The molecule has 0 radical (unpaired) electrons. The van der Waals surface area contributed by atoms with Gasteiger partial charge >= 0.3 is 0 Å². The van der Waals surface area contributed by atoms with Crippen LogP contribution in [0.25, 0.3) is 0 Å². The Kier molecular flexibility index (Phi) is 4.99. The number of hydrogen-bond acceptors (Lipinski definition) is 4. The minimum Gasteiger partial charge on any atom is -0.339 e. The molecular weight excluding hydrogens is 314 g/mol. The van der Waals surface area contributed by atoms with Gasteiger partial charge in [0.25, 0.3) is 0 Å². The third-order valence-corrected chi connectivity index (χ3v) is 6.45. The molecule has 1 atom stereocenters. The Morgan fingerprint density at radius 2 is 1.74 bits per heavy atom. The lowest BCUT2D eigenvalue weighted by molar-refractivity contribution is -0.135. The number of sulfonamides is 1. The van der Waals surface area contributed by atoms with Crippen molar-refractivity contribution in [2.45, 2.75) is 30.2 Å². The van der Waals surface area contributed by atoms with Crippen LogP contribution in [0.5, 0.6) is 0 Å². The Hall–Kier alpha value is -1.44. The average Bonchev–Trinajstić information content (AvgIpc) is 2.63. The van der Waals surface area contributed by atoms with E-state index in [9.17, 15) is 13.2 Å². The molecule has 7 heteroatoms. The first-order valence-electron chi connectivity index (χ1n) is 8.16. The summed E-state index contributed by atoms with van der Waals surface area (Å²) in [6.45, 7) is 2.52. The molecule has 2 aliphatic heterocycles. The zero-order valence-electron chi connectivity index (χ0n) is 13.1. The number of nitrogens with zero attached hydrogens (tertiary/aromatic N) is 2. The largest absolute Gasteiger partial charge is 0.339 e. The summed E-state index contributed by atoms with van der Waals surface area (Å²) in [4.78, 5) is 14.6. The molecule has 0 aliphatic carbocycles. The van der Waals surface area contributed by atoms with E-state index in [0.717, 1.165) is 25.8 Å². The molecule has 1 N–H and O–H groups in total. The Bertz CT molecular complexity index is 634. The summed E-state index contributed by atoms with van der Waals surface area (Å²) in [7, 11) is -3.46. The lowest BCUT2D eigenvalue weighted by Crippen LogP contribution is -2.55. The van der Waals surface area contributed by atoms with Crippen LogP contribution >= 0.6 is 0 Å². The second-order valence-electron chi connectivity index (χ2n) is 6.04. The van der Waals surface area contributed by atoms with Crippen molar-refractivity contribution >= 4 is 15.9 Å². The highest BCUT2D eigenvalue weighted by Crippen LogP contribution is 2.18. The standard InChI is InChI=1S/C16H23N3O3S/c20-16(15-8-4-5-9-17-15)18-10-12-19(13-11-18)23(21,22)14-6-2-1-3-7-14/h1-3,6-7,15,17H,4-5,8-13H2/t15-/m0/s1. The number of hydrogen-bond donors (Lipinski definition) is 1. The summed E-state index contributed by atoms with van der Waals surface area (Å²) in [5.74, 6) is 0.112. The van der Waals surface area contributed by atoms with Gasteiger partial charge in [-0.3, -0.25) is 4.79 Å². The van der Waals surface area contributed by atoms with E-state index in [4.69, 9.17) is 0 Å². The fourth-order valence-corrected chi connectivity index (χ4v) is 4.62. The second-order valence-corrected chi connectivity index (χ2v) is 7.98. The SMILES string of the molecule is O=C([C@@H]1CCCCN1)N1CCN(S(=O)(=O)c2ccccc2)CC1. The van der Waals surface area contributed by atoms with Gasteiger partial charge in [0.2, 0.25) is 15.9 Å². The third kappa shape index (κ3) is 3.57. The van der Waals surface area contributed by atoms with Crippen molar-refractivity contribution < 1.29 is 13.2 Å². The fourth-order valence-electron chi connectivity index (χ4n) is 3.17. The van der Waals surface area contributed by atoms with Gasteiger partial charge in [0.15, 0.2) is 0 Å². The molecule has 1 aromatic rings. The van der Waals surface area contributed by atoms with Gasteiger partial charge in [0, 0.05) is 26.2 Å². The topological polar surface area (TPSA) is 69.7 Å². The minimum atomic E-state index is -3.46. The predicted octanol–water partition coefficient (Wildman–Crippen LogP) is 0.662. The molecule has 2 aliphatic rings. The molecule has 23 heavy (non-hydrogen) atoms. The van der Waals surface area contributed by atoms with Gasteiger partial charge in [-0.2, -0.15) is 4.31 Å². The van der Waals surface area contributed by atoms with Gasteiger partial charge in [0.1, 0.15) is 0 Å². The molecule has 0 bridgehead atoms. The fraction of sp³-hybridized carbons (Fsp3) is 0.562. The smallest absolute Gasteiger partial charge is 0.243 e. The molecule has 0 unspecified atom stereocenters. The summed E-state index contributed by atoms with van der Waals surface area (Å²) in [5.41, 5.74) is 0. The van der Waals surface area contributed by atoms with Crippen LogP contribution in [0.4, 0.5) is 0 Å². The second kappa shape index (κ2) is 6.98. The van der Waals surface area contributed by atoms with Crippen molar-refractivity contribution in [1.29, 1.82) is 0 Å². The van der Waals surface area contributed by atoms with E-state index < -0.39 is 10.0 Å². The molecule has 6 nitrogen and oxygen atoms in total. The third-order valence-electron chi connectivity index (χ3n) is 4.54. The van der Waals surface area contributed by atoms with Gasteiger partial charge in [0.05, 0.1) is 10.9 Å². The highest BCUT2D eigenvalue weighted by molar-refractivity contribution is 7.89. The van der Waals surface area contributed by atoms with Crippen molar-refractivity contribution in [1.82, 2.24) is 14.5 Å². The van der Waals surface area contributed by atoms with Crippen LogP contribution in [0, 0.1) is 0 Å². The molecule has 2 fully saturated rings. The molecule has 0 saturated carbocycles. The molecule has 2 heterocycles. The van der Waals surface area contributed by atoms with Crippen LogP contribution in [0.3, 0.4) is 0 Å². The van der Waals surface area contributed by atoms with Crippen LogP contribution in [0.15, 0.2) is 35.2 Å². The number of carbonyl (C=O) groups excluding carboxylic acids is 1. The summed E-state index contributed by atoms with van der Waals surface area (Å²) < 4.78 is 26.6. The lowest BCUT2D eigenvalue weighted by Gasteiger charge is -2.36. The summed E-state index contributed by atoms with van der Waals surface area (Å²) in [6, 6.07) is 8.37. The van der Waals surface area contributed by atoms with E-state index in [-0.39, 0.29) is 11.9 Å². The number of carbonyl (C=O) groups is 1. The van der Waals surface area contributed by atoms with Crippen LogP contribution < -0.4 is 5.32 Å². The number of benzene rings is 1. The van der Waals surface area contributed by atoms with Gasteiger partial charge in [-0.15, -0.1) is 0 Å². The first-order valence-corrected chi connectivity index (χ1v) is 9.60. The van der Waals surface area contributed by atoms with Crippen LogP contribution in [0.1, 0.15) is 19.3 Å². The number of piperidine rings is 1. The highest BCUT2D eigenvalue weighted by atomic mass is 32.2. The lowest BCUT2D eigenvalue weighted by atomic mass is 10.0. The van der Waals surface area contributed by atoms with Crippen molar-refractivity contribution in [2.75, 3.05) is 32.7 Å². The molecule has 126 valence electrons. The molecule has 1 amide bonds. The number of nitrogens with one attached hydrogen (secondary N) is 1. The molecule has 1 aromatic carbocycles. The Balaban J connectivity index is 1.61. The van der Waals surface area contributed by atoms with Crippen LogP contribution in [-0.2, 0) is 14.8 Å². The molecule has 0 aromatic heterocycles. The van der Waals surface area contributed by atoms with Gasteiger partial charge in [-0.05, 0) is 31.5 Å². The normalized spacial score (nSPS) is 23.7. The van der Waals surface area contributed by atoms with E-state index in [1.165, 1.54) is 4.31 Å². The van der Waals surface area contributed by atoms with Gasteiger partial charge in [-0.25, -0.2) is 8.42 Å². The summed E-state index contributed by atoms with van der Waals surface area (Å²) >= 11 is 0. The zero-order chi connectivity index (χ0) is 16.3. The van der Waals surface area contributed by atoms with Crippen molar-refractivity contribution in [3.05, 3.63) is 30.3 Å². The number of amides is 1. The van der Waals surface area contributed by atoms with E-state index in [1.807, 2.05) is 0 Å². The predicted molar refractivity (Wildman–Crippen MR) is 87.4 cm³/mol. The van der Waals surface area contributed by atoms with Gasteiger partial charge < -0.3 is 10.2 Å². The Labute approximate surface area is 137 Å². The molecule has 0 spiro atoms. The first kappa shape index (κ1) is 16.4. The van der Waals surface area contributed by atoms with Crippen LogP contribution in [-0.4, -0.2) is 62.3 Å². The van der Waals surface area contributed by atoms with Crippen LogP contribution in [0.2, 0.25) is 0 Å². The van der Waals surface area contributed by atoms with Crippen molar-refractivity contribution in [2.24, 2.45) is 0 Å². The maximum absolute atomic E-state index is 12.6. The molecule has 2 saturated heterocycles. The Morgan fingerprint density at radius 3 is 2.35 bits per heavy atom. The number of piperazine rings is 1. The quantitative estimate of drug-likeness (QED) is 0.880. The van der Waals surface area contributed by atoms with Crippen molar-refractivity contribution in [3.8, 4) is 0 Å². The summed E-state index contributed by atoms with van der Waals surface area (Å²) in [5, 5.41) is 3.26.